The van der Waals surface area contributed by atoms with Crippen LogP contribution < -0.4 is 10.6 Å². The fourth-order valence-electron chi connectivity index (χ4n) is 2.76. The van der Waals surface area contributed by atoms with E-state index >= 15 is 0 Å². The molecule has 0 aliphatic rings. The van der Waals surface area contributed by atoms with Crippen LogP contribution in [0.25, 0.3) is 5.52 Å². The van der Waals surface area contributed by atoms with E-state index < -0.39 is 6.09 Å². The zero-order valence-corrected chi connectivity index (χ0v) is 18.7. The highest BCUT2D eigenvalue weighted by Crippen LogP contribution is 2.36. The topological polar surface area (TPSA) is 96.6 Å². The molecule has 2 aromatic heterocycles. The minimum absolute atomic E-state index is 0.268. The van der Waals surface area contributed by atoms with Crippen LogP contribution in [0.1, 0.15) is 39.7 Å². The Labute approximate surface area is 181 Å². The van der Waals surface area contributed by atoms with Gasteiger partial charge in [0.25, 0.3) is 0 Å². The number of pyridine rings is 1. The van der Waals surface area contributed by atoms with E-state index in [0.29, 0.717) is 22.6 Å². The molecule has 0 spiro atoms. The van der Waals surface area contributed by atoms with Gasteiger partial charge in [-0.1, -0.05) is 32.4 Å². The summed E-state index contributed by atoms with van der Waals surface area (Å²) >= 11 is 1.51. The van der Waals surface area contributed by atoms with Gasteiger partial charge in [-0.25, -0.2) is 14.2 Å². The first kappa shape index (κ1) is 23.1. The number of anilines is 3. The third-order valence-corrected chi connectivity index (χ3v) is 4.66. The molecule has 0 saturated carbocycles. The number of amides is 1. The lowest BCUT2D eigenvalue weighted by molar-refractivity contribution is 0.125. The van der Waals surface area contributed by atoms with Gasteiger partial charge in [-0.2, -0.15) is 10.4 Å². The molecule has 30 heavy (non-hydrogen) atoms. The average molecular weight is 426 g/mol. The van der Waals surface area contributed by atoms with Crippen LogP contribution in [-0.4, -0.2) is 28.1 Å². The fourth-order valence-corrected chi connectivity index (χ4v) is 3.34. The van der Waals surface area contributed by atoms with Crippen LogP contribution in [0.2, 0.25) is 0 Å². The molecule has 1 aromatic carbocycles. The second-order valence-electron chi connectivity index (χ2n) is 6.72. The summed E-state index contributed by atoms with van der Waals surface area (Å²) in [6, 6.07) is 12.8. The first-order valence-electron chi connectivity index (χ1n) is 9.69. The van der Waals surface area contributed by atoms with Gasteiger partial charge in [-0.05, 0) is 38.3 Å². The molecule has 2 N–H and O–H groups in total. The number of rotatable bonds is 4. The van der Waals surface area contributed by atoms with Crippen LogP contribution in [0.3, 0.4) is 0 Å². The van der Waals surface area contributed by atoms with Crippen LogP contribution in [0.15, 0.2) is 47.5 Å². The summed E-state index contributed by atoms with van der Waals surface area (Å²) in [6.45, 7) is 7.82. The molecule has 7 nitrogen and oxygen atoms in total. The van der Waals surface area contributed by atoms with Crippen molar-refractivity contribution in [2.24, 2.45) is 0 Å². The summed E-state index contributed by atoms with van der Waals surface area (Å²) in [6.07, 6.45) is 3.89. The molecule has 0 bridgehead atoms. The molecule has 0 atom stereocenters. The number of nitrogens with two attached hydrogens (primary N) is 1. The van der Waals surface area contributed by atoms with Gasteiger partial charge in [-0.3, -0.25) is 0 Å². The molecular formula is C22H27N5O2S. The largest absolute Gasteiger partial charge is 0.446 e. The number of nitriles is 1. The highest BCUT2D eigenvalue weighted by molar-refractivity contribution is 7.98. The number of para-hydroxylation sites is 1. The van der Waals surface area contributed by atoms with E-state index in [1.54, 1.807) is 32.2 Å². The van der Waals surface area contributed by atoms with E-state index in [-0.39, 0.29) is 11.8 Å². The molecule has 0 aliphatic carbocycles. The molecule has 158 valence electrons. The van der Waals surface area contributed by atoms with Gasteiger partial charge >= 0.3 is 6.09 Å². The molecule has 3 rings (SSSR count). The van der Waals surface area contributed by atoms with Crippen molar-refractivity contribution in [2.45, 2.75) is 45.1 Å². The third kappa shape index (κ3) is 4.86. The van der Waals surface area contributed by atoms with Gasteiger partial charge in [0.15, 0.2) is 0 Å². The van der Waals surface area contributed by atoms with Crippen molar-refractivity contribution < 1.29 is 9.53 Å². The molecular weight excluding hydrogens is 398 g/mol. The third-order valence-electron chi connectivity index (χ3n) is 3.88. The van der Waals surface area contributed by atoms with Crippen molar-refractivity contribution in [1.82, 2.24) is 9.61 Å². The van der Waals surface area contributed by atoms with Crippen molar-refractivity contribution in [3.05, 3.63) is 48.2 Å². The molecule has 2 heterocycles. The Bertz CT molecular complexity index is 1060. The van der Waals surface area contributed by atoms with Crippen LogP contribution in [-0.2, 0) is 4.74 Å². The molecule has 0 saturated heterocycles. The Kier molecular flexibility index (Phi) is 8.13. The zero-order chi connectivity index (χ0) is 22.3. The number of ether oxygens (including phenoxy) is 1. The van der Waals surface area contributed by atoms with Crippen LogP contribution in [0.5, 0.6) is 0 Å². The number of hydrogen-bond acceptors (Lipinski definition) is 6. The van der Waals surface area contributed by atoms with Gasteiger partial charge in [-0.15, -0.1) is 11.8 Å². The van der Waals surface area contributed by atoms with E-state index in [4.69, 9.17) is 10.5 Å². The number of fused-ring (bicyclic) bond motifs is 1. The van der Waals surface area contributed by atoms with Crippen molar-refractivity contribution in [3.8, 4) is 6.07 Å². The maximum Gasteiger partial charge on any atom is 0.420 e. The van der Waals surface area contributed by atoms with Gasteiger partial charge < -0.3 is 10.5 Å². The van der Waals surface area contributed by atoms with Gasteiger partial charge in [0.2, 0.25) is 0 Å². The van der Waals surface area contributed by atoms with Crippen LogP contribution in [0, 0.1) is 11.3 Å². The summed E-state index contributed by atoms with van der Waals surface area (Å²) in [4.78, 5) is 15.3. The number of carbonyl (C=O) groups excluding carboxylic acids is 1. The number of nitrogens with zero attached hydrogens (tertiary/aromatic N) is 4. The zero-order valence-electron chi connectivity index (χ0n) is 17.9. The van der Waals surface area contributed by atoms with Gasteiger partial charge in [0.1, 0.15) is 17.5 Å². The molecule has 8 heteroatoms. The lowest BCUT2D eigenvalue weighted by atomic mass is 10.2. The normalized spacial score (nSPS) is 10.3. The second kappa shape index (κ2) is 10.6. The minimum Gasteiger partial charge on any atom is -0.446 e. The van der Waals surface area contributed by atoms with E-state index in [1.165, 1.54) is 27.6 Å². The Balaban J connectivity index is 0.00000101. The number of aromatic nitrogens is 2. The Hall–Kier alpha value is -3.18. The van der Waals surface area contributed by atoms with Crippen molar-refractivity contribution in [3.63, 3.8) is 0 Å². The number of benzene rings is 1. The van der Waals surface area contributed by atoms with E-state index in [9.17, 15) is 10.1 Å². The van der Waals surface area contributed by atoms with E-state index in [2.05, 4.69) is 25.0 Å². The average Bonchev–Trinajstić information content (AvgIpc) is 3.18. The Morgan fingerprint density at radius 2 is 2.00 bits per heavy atom. The molecule has 0 radical (unpaired) electrons. The lowest BCUT2D eigenvalue weighted by Gasteiger charge is -2.26. The predicted molar refractivity (Wildman–Crippen MR) is 122 cm³/mol. The number of thioether (sulfide) groups is 1. The maximum atomic E-state index is 13.0. The standard InChI is InChI=1S/C19H19N5O2S.C3H8/c1-12(2)26-19(25)23(16-6-4-5-7-17(16)27-3)18-10-14(21)13(11-20)15-8-9-22-24(15)18;1-3-2/h4-10,12H,21H2,1-3H3;3H2,1-2H3. The quantitative estimate of drug-likeness (QED) is 0.546. The summed E-state index contributed by atoms with van der Waals surface area (Å²) in [7, 11) is 0. The van der Waals surface area contributed by atoms with Crippen molar-refractivity contribution in [2.75, 3.05) is 16.9 Å². The SMILES string of the molecule is CCC.CSc1ccccc1N(C(=O)OC(C)C)c1cc(N)c(C#N)c2ccnn12. The van der Waals surface area contributed by atoms with Crippen LogP contribution in [0.4, 0.5) is 22.0 Å². The lowest BCUT2D eigenvalue weighted by Crippen LogP contribution is -2.31. The maximum absolute atomic E-state index is 13.0. The first-order chi connectivity index (χ1) is 14.4. The Morgan fingerprint density at radius 3 is 2.60 bits per heavy atom. The van der Waals surface area contributed by atoms with Gasteiger partial charge in [0.05, 0.1) is 29.2 Å². The highest BCUT2D eigenvalue weighted by atomic mass is 32.2. The molecule has 0 unspecified atom stereocenters. The molecule has 1 amide bonds. The van der Waals surface area contributed by atoms with E-state index in [1.807, 2.05) is 30.5 Å². The van der Waals surface area contributed by atoms with Crippen molar-refractivity contribution >= 4 is 40.6 Å². The molecule has 0 aliphatic heterocycles. The predicted octanol–water partition coefficient (Wildman–Crippen LogP) is 5.61. The summed E-state index contributed by atoms with van der Waals surface area (Å²) in [5.41, 5.74) is 7.85. The summed E-state index contributed by atoms with van der Waals surface area (Å²) in [5, 5.41) is 13.7. The molecule has 0 fully saturated rings. The summed E-state index contributed by atoms with van der Waals surface area (Å²) < 4.78 is 6.99. The minimum atomic E-state index is -0.549. The molecule has 3 aromatic rings. The second-order valence-corrected chi connectivity index (χ2v) is 7.57. The first-order valence-corrected chi connectivity index (χ1v) is 10.9. The smallest absolute Gasteiger partial charge is 0.420 e. The van der Waals surface area contributed by atoms with E-state index in [0.717, 1.165) is 4.90 Å². The number of hydrogen-bond donors (Lipinski definition) is 1. The monoisotopic (exact) mass is 425 g/mol. The fraction of sp³-hybridized carbons (Fsp3) is 0.318. The Morgan fingerprint density at radius 1 is 1.33 bits per heavy atom. The van der Waals surface area contributed by atoms with Crippen LogP contribution >= 0.6 is 11.8 Å². The number of nitrogen functional groups attached to an aromatic ring is 1. The van der Waals surface area contributed by atoms with Crippen molar-refractivity contribution in [1.29, 1.82) is 5.26 Å². The van der Waals surface area contributed by atoms with Gasteiger partial charge in [0, 0.05) is 11.0 Å². The highest BCUT2D eigenvalue weighted by Gasteiger charge is 2.27. The summed E-state index contributed by atoms with van der Waals surface area (Å²) in [5.74, 6) is 0.402. The number of carbonyl (C=O) groups is 1.